The van der Waals surface area contributed by atoms with E-state index >= 15 is 0 Å². The lowest BCUT2D eigenvalue weighted by molar-refractivity contribution is 0.402. The van der Waals surface area contributed by atoms with Crippen LogP contribution in [0.1, 0.15) is 6.42 Å². The second-order valence-corrected chi connectivity index (χ2v) is 6.57. The third-order valence-corrected chi connectivity index (χ3v) is 4.84. The number of nitrogens with one attached hydrogen (secondary N) is 1. The van der Waals surface area contributed by atoms with E-state index in [9.17, 15) is 8.42 Å². The average molecular weight is 316 g/mol. The molecular formula is C12H14ClN3O3S. The maximum atomic E-state index is 12.4. The molecule has 108 valence electrons. The highest BCUT2D eigenvalue weighted by Crippen LogP contribution is 2.27. The highest BCUT2D eigenvalue weighted by atomic mass is 35.5. The number of ether oxygens (including phenoxy) is 1. The van der Waals surface area contributed by atoms with Gasteiger partial charge in [-0.1, -0.05) is 11.6 Å². The first-order valence-electron chi connectivity index (χ1n) is 5.97. The van der Waals surface area contributed by atoms with E-state index in [0.29, 0.717) is 24.5 Å². The van der Waals surface area contributed by atoms with E-state index in [4.69, 9.17) is 21.6 Å². The van der Waals surface area contributed by atoms with Crippen molar-refractivity contribution in [2.24, 2.45) is 0 Å². The van der Waals surface area contributed by atoms with E-state index in [1.165, 1.54) is 24.1 Å². The molecule has 1 N–H and O–H groups in total. The van der Waals surface area contributed by atoms with Crippen molar-refractivity contribution in [2.45, 2.75) is 17.4 Å². The fourth-order valence-corrected chi connectivity index (χ4v) is 3.78. The van der Waals surface area contributed by atoms with Crippen molar-refractivity contribution >= 4 is 21.6 Å². The fraction of sp³-hybridized carbons (Fsp3) is 0.417. The van der Waals surface area contributed by atoms with Gasteiger partial charge in [0, 0.05) is 24.2 Å². The first-order chi connectivity index (χ1) is 9.46. The van der Waals surface area contributed by atoms with Crippen molar-refractivity contribution in [1.82, 2.24) is 9.62 Å². The average Bonchev–Trinajstić information content (AvgIpc) is 2.85. The minimum absolute atomic E-state index is 0.00269. The molecule has 8 heteroatoms. The van der Waals surface area contributed by atoms with E-state index in [1.807, 2.05) is 6.19 Å². The predicted molar refractivity (Wildman–Crippen MR) is 73.9 cm³/mol. The van der Waals surface area contributed by atoms with Crippen LogP contribution in [0.15, 0.2) is 23.1 Å². The number of nitrogens with zero attached hydrogens (tertiary/aromatic N) is 2. The van der Waals surface area contributed by atoms with Crippen molar-refractivity contribution in [3.8, 4) is 11.9 Å². The molecule has 1 aromatic carbocycles. The third kappa shape index (κ3) is 3.15. The van der Waals surface area contributed by atoms with Gasteiger partial charge < -0.3 is 9.64 Å². The summed E-state index contributed by atoms with van der Waals surface area (Å²) in [6, 6.07) is 4.13. The Morgan fingerprint density at radius 1 is 1.55 bits per heavy atom. The molecule has 1 heterocycles. The Bertz CT molecular complexity index is 642. The summed E-state index contributed by atoms with van der Waals surface area (Å²) < 4.78 is 32.4. The molecule has 0 saturated carbocycles. The standard InChI is InChI=1S/C12H14ClN3O3S/c1-19-11-3-2-9(13)6-12(11)20(17,18)15-10-4-5-16(7-10)8-14/h2-3,6,10,15H,4-5,7H2,1H3/t10-/m1/s1. The minimum Gasteiger partial charge on any atom is -0.495 e. The van der Waals surface area contributed by atoms with Crippen molar-refractivity contribution in [1.29, 1.82) is 5.26 Å². The second kappa shape index (κ2) is 5.87. The van der Waals surface area contributed by atoms with Crippen molar-refractivity contribution < 1.29 is 13.2 Å². The largest absolute Gasteiger partial charge is 0.495 e. The SMILES string of the molecule is COc1ccc(Cl)cc1S(=O)(=O)N[C@@H]1CCN(C#N)C1. The predicted octanol–water partition coefficient (Wildman–Crippen LogP) is 1.18. The van der Waals surface area contributed by atoms with Crippen LogP contribution in [0.3, 0.4) is 0 Å². The molecule has 0 bridgehead atoms. The summed E-state index contributed by atoms with van der Waals surface area (Å²) in [6.45, 7) is 0.926. The van der Waals surface area contributed by atoms with Crippen LogP contribution in [0, 0.1) is 11.5 Å². The number of hydrogen-bond donors (Lipinski definition) is 1. The molecule has 0 aliphatic carbocycles. The molecule has 1 aliphatic heterocycles. The smallest absolute Gasteiger partial charge is 0.244 e. The Labute approximate surface area is 122 Å². The van der Waals surface area contributed by atoms with Gasteiger partial charge in [0.2, 0.25) is 10.0 Å². The van der Waals surface area contributed by atoms with Gasteiger partial charge in [-0.2, -0.15) is 5.26 Å². The minimum atomic E-state index is -3.74. The molecule has 1 aliphatic rings. The van der Waals surface area contributed by atoms with Crippen LogP contribution in [0.2, 0.25) is 5.02 Å². The summed E-state index contributed by atoms with van der Waals surface area (Å²) in [7, 11) is -2.34. The lowest BCUT2D eigenvalue weighted by Gasteiger charge is -2.15. The van der Waals surface area contributed by atoms with Gasteiger partial charge in [-0.15, -0.1) is 0 Å². The number of methoxy groups -OCH3 is 1. The zero-order valence-corrected chi connectivity index (χ0v) is 12.4. The van der Waals surface area contributed by atoms with E-state index in [0.717, 1.165) is 0 Å². The number of halogens is 1. The monoisotopic (exact) mass is 315 g/mol. The Hall–Kier alpha value is -1.49. The summed E-state index contributed by atoms with van der Waals surface area (Å²) in [5.41, 5.74) is 0. The van der Waals surface area contributed by atoms with Crippen LogP contribution in [-0.4, -0.2) is 39.6 Å². The Morgan fingerprint density at radius 2 is 2.30 bits per heavy atom. The normalized spacial score (nSPS) is 18.9. The molecule has 0 aromatic heterocycles. The molecule has 0 spiro atoms. The summed E-state index contributed by atoms with van der Waals surface area (Å²) in [6.07, 6.45) is 2.60. The number of sulfonamides is 1. The number of hydrogen-bond acceptors (Lipinski definition) is 5. The Balaban J connectivity index is 2.23. The molecule has 1 fully saturated rings. The summed E-state index contributed by atoms with van der Waals surface area (Å²) in [5.74, 6) is 0.233. The third-order valence-electron chi connectivity index (χ3n) is 3.07. The Kier molecular flexibility index (Phi) is 4.38. The molecule has 0 unspecified atom stereocenters. The lowest BCUT2D eigenvalue weighted by atomic mass is 10.3. The maximum Gasteiger partial charge on any atom is 0.244 e. The summed E-state index contributed by atoms with van der Waals surface area (Å²) in [5, 5.41) is 9.09. The van der Waals surface area contributed by atoms with Crippen LogP contribution >= 0.6 is 11.6 Å². The molecule has 1 aromatic rings. The highest BCUT2D eigenvalue weighted by molar-refractivity contribution is 7.89. The molecule has 6 nitrogen and oxygen atoms in total. The van der Waals surface area contributed by atoms with Gasteiger partial charge in [0.25, 0.3) is 0 Å². The molecule has 20 heavy (non-hydrogen) atoms. The van der Waals surface area contributed by atoms with Gasteiger partial charge in [0.05, 0.1) is 7.11 Å². The van der Waals surface area contributed by atoms with E-state index in [-0.39, 0.29) is 16.7 Å². The van der Waals surface area contributed by atoms with Crippen molar-refractivity contribution in [3.63, 3.8) is 0 Å². The summed E-state index contributed by atoms with van der Waals surface area (Å²) in [4.78, 5) is 1.52. The molecule has 0 radical (unpaired) electrons. The van der Waals surface area contributed by atoms with Crippen LogP contribution in [0.25, 0.3) is 0 Å². The number of benzene rings is 1. The fourth-order valence-electron chi connectivity index (χ4n) is 2.09. The molecule has 1 atom stereocenters. The zero-order valence-electron chi connectivity index (χ0n) is 10.8. The van der Waals surface area contributed by atoms with E-state index in [1.54, 1.807) is 6.07 Å². The molecular weight excluding hydrogens is 302 g/mol. The van der Waals surface area contributed by atoms with Gasteiger partial charge in [-0.3, -0.25) is 0 Å². The quantitative estimate of drug-likeness (QED) is 0.844. The lowest BCUT2D eigenvalue weighted by Crippen LogP contribution is -2.36. The van der Waals surface area contributed by atoms with Crippen LogP contribution in [-0.2, 0) is 10.0 Å². The van der Waals surface area contributed by atoms with Gasteiger partial charge in [-0.05, 0) is 24.6 Å². The first kappa shape index (κ1) is 14.9. The van der Waals surface area contributed by atoms with Gasteiger partial charge >= 0.3 is 0 Å². The van der Waals surface area contributed by atoms with Crippen LogP contribution in [0.4, 0.5) is 0 Å². The molecule has 2 rings (SSSR count). The van der Waals surface area contributed by atoms with Crippen LogP contribution < -0.4 is 9.46 Å². The molecule has 0 amide bonds. The summed E-state index contributed by atoms with van der Waals surface area (Å²) >= 11 is 5.84. The van der Waals surface area contributed by atoms with Gasteiger partial charge in [-0.25, -0.2) is 13.1 Å². The number of nitriles is 1. The van der Waals surface area contributed by atoms with Gasteiger partial charge in [0.15, 0.2) is 6.19 Å². The Morgan fingerprint density at radius 3 is 2.90 bits per heavy atom. The first-order valence-corrected chi connectivity index (χ1v) is 7.83. The topological polar surface area (TPSA) is 82.4 Å². The van der Waals surface area contributed by atoms with Crippen molar-refractivity contribution in [3.05, 3.63) is 23.2 Å². The van der Waals surface area contributed by atoms with Crippen molar-refractivity contribution in [2.75, 3.05) is 20.2 Å². The van der Waals surface area contributed by atoms with Gasteiger partial charge in [0.1, 0.15) is 10.6 Å². The van der Waals surface area contributed by atoms with Crippen LogP contribution in [0.5, 0.6) is 5.75 Å². The maximum absolute atomic E-state index is 12.4. The zero-order chi connectivity index (χ0) is 14.8. The van der Waals surface area contributed by atoms with E-state index in [2.05, 4.69) is 4.72 Å². The number of likely N-dealkylation sites (tertiary alicyclic amines) is 1. The second-order valence-electron chi connectivity index (χ2n) is 4.45. The highest BCUT2D eigenvalue weighted by Gasteiger charge is 2.28. The molecule has 1 saturated heterocycles. The number of rotatable bonds is 4. The van der Waals surface area contributed by atoms with E-state index < -0.39 is 10.0 Å².